The third-order valence-electron chi connectivity index (χ3n) is 3.15. The van der Waals surface area contributed by atoms with Crippen LogP contribution in [-0.4, -0.2) is 27.3 Å². The van der Waals surface area contributed by atoms with Crippen molar-refractivity contribution in [2.24, 2.45) is 0 Å². The van der Waals surface area contributed by atoms with Crippen LogP contribution in [0, 0.1) is 11.3 Å². The Kier molecular flexibility index (Phi) is 5.05. The first-order valence-corrected chi connectivity index (χ1v) is 6.71. The van der Waals surface area contributed by atoms with Crippen molar-refractivity contribution in [2.45, 2.75) is 0 Å². The second kappa shape index (κ2) is 7.20. The van der Waals surface area contributed by atoms with Crippen LogP contribution in [0.3, 0.4) is 0 Å². The lowest BCUT2D eigenvalue weighted by Crippen LogP contribution is -2.24. The summed E-state index contributed by atoms with van der Waals surface area (Å²) < 4.78 is 11.0. The van der Waals surface area contributed by atoms with Gasteiger partial charge in [0, 0.05) is 7.05 Å². The standard InChI is InChI=1S/C17H18N2O2/c1-19(16-8-3-4-9-17(16)20-2)10-11-21-15-7-5-6-14(12-15)13-18/h3-9,12H,10-11H2,1-2H3. The largest absolute Gasteiger partial charge is 0.495 e. The van der Waals surface area contributed by atoms with Crippen molar-refractivity contribution >= 4 is 5.69 Å². The molecule has 0 unspecified atom stereocenters. The Morgan fingerprint density at radius 1 is 1.14 bits per heavy atom. The molecule has 0 saturated heterocycles. The van der Waals surface area contributed by atoms with E-state index < -0.39 is 0 Å². The van der Waals surface area contributed by atoms with E-state index in [2.05, 4.69) is 11.0 Å². The van der Waals surface area contributed by atoms with Crippen molar-refractivity contribution in [1.29, 1.82) is 5.26 Å². The van der Waals surface area contributed by atoms with Gasteiger partial charge in [-0.15, -0.1) is 0 Å². The number of rotatable bonds is 6. The second-order valence-electron chi connectivity index (χ2n) is 4.58. The Morgan fingerprint density at radius 3 is 2.71 bits per heavy atom. The van der Waals surface area contributed by atoms with Crippen LogP contribution in [0.15, 0.2) is 48.5 Å². The molecule has 0 aromatic heterocycles. The zero-order valence-corrected chi connectivity index (χ0v) is 12.2. The van der Waals surface area contributed by atoms with Crippen molar-refractivity contribution in [3.05, 3.63) is 54.1 Å². The van der Waals surface area contributed by atoms with Crippen LogP contribution in [-0.2, 0) is 0 Å². The number of hydrogen-bond donors (Lipinski definition) is 0. The summed E-state index contributed by atoms with van der Waals surface area (Å²) in [6, 6.07) is 17.1. The number of hydrogen-bond acceptors (Lipinski definition) is 4. The average Bonchev–Trinajstić information content (AvgIpc) is 2.55. The van der Waals surface area contributed by atoms with E-state index in [-0.39, 0.29) is 0 Å². The van der Waals surface area contributed by atoms with Crippen molar-refractivity contribution in [3.8, 4) is 17.6 Å². The predicted octanol–water partition coefficient (Wildman–Crippen LogP) is 3.08. The summed E-state index contributed by atoms with van der Waals surface area (Å²) in [5.41, 5.74) is 1.62. The molecule has 4 nitrogen and oxygen atoms in total. The summed E-state index contributed by atoms with van der Waals surface area (Å²) in [5, 5.41) is 8.85. The molecule has 0 saturated carbocycles. The van der Waals surface area contributed by atoms with Crippen LogP contribution < -0.4 is 14.4 Å². The van der Waals surface area contributed by atoms with E-state index in [9.17, 15) is 0 Å². The molecule has 4 heteroatoms. The Hall–Kier alpha value is -2.67. The van der Waals surface area contributed by atoms with Gasteiger partial charge in [0.25, 0.3) is 0 Å². The zero-order chi connectivity index (χ0) is 15.1. The van der Waals surface area contributed by atoms with Gasteiger partial charge in [0.15, 0.2) is 0 Å². The molecule has 0 N–H and O–H groups in total. The van der Waals surface area contributed by atoms with Gasteiger partial charge in [0.1, 0.15) is 18.1 Å². The van der Waals surface area contributed by atoms with E-state index in [4.69, 9.17) is 14.7 Å². The SMILES string of the molecule is COc1ccccc1N(C)CCOc1cccc(C#N)c1. The molecule has 21 heavy (non-hydrogen) atoms. The molecule has 0 atom stereocenters. The molecule has 108 valence electrons. The van der Waals surface area contributed by atoms with E-state index in [0.717, 1.165) is 18.0 Å². The molecule has 0 spiro atoms. The monoisotopic (exact) mass is 282 g/mol. The summed E-state index contributed by atoms with van der Waals surface area (Å²) in [7, 11) is 3.66. The van der Waals surface area contributed by atoms with Crippen LogP contribution >= 0.6 is 0 Å². The highest BCUT2D eigenvalue weighted by atomic mass is 16.5. The van der Waals surface area contributed by atoms with E-state index >= 15 is 0 Å². The molecule has 2 rings (SSSR count). The van der Waals surface area contributed by atoms with Crippen molar-refractivity contribution in [3.63, 3.8) is 0 Å². The molecular weight excluding hydrogens is 264 g/mol. The minimum absolute atomic E-state index is 0.531. The molecule has 0 aliphatic heterocycles. The molecule has 2 aromatic carbocycles. The summed E-state index contributed by atoms with van der Waals surface area (Å²) in [4.78, 5) is 2.08. The molecule has 0 fully saturated rings. The van der Waals surface area contributed by atoms with Gasteiger partial charge in [-0.05, 0) is 30.3 Å². The highest BCUT2D eigenvalue weighted by molar-refractivity contribution is 5.57. The summed E-state index contributed by atoms with van der Waals surface area (Å²) in [6.45, 7) is 1.25. The van der Waals surface area contributed by atoms with Gasteiger partial charge in [-0.25, -0.2) is 0 Å². The van der Waals surface area contributed by atoms with Gasteiger partial charge in [0.2, 0.25) is 0 Å². The number of likely N-dealkylation sites (N-methyl/N-ethyl adjacent to an activating group) is 1. The second-order valence-corrected chi connectivity index (χ2v) is 4.58. The third kappa shape index (κ3) is 3.90. The van der Waals surface area contributed by atoms with E-state index in [1.54, 1.807) is 19.2 Å². The summed E-state index contributed by atoms with van der Waals surface area (Å²) >= 11 is 0. The lowest BCUT2D eigenvalue weighted by molar-refractivity contribution is 0.325. The Balaban J connectivity index is 1.92. The first-order chi connectivity index (χ1) is 10.2. The van der Waals surface area contributed by atoms with Gasteiger partial charge in [-0.1, -0.05) is 18.2 Å². The highest BCUT2D eigenvalue weighted by Gasteiger charge is 2.07. The number of anilines is 1. The zero-order valence-electron chi connectivity index (χ0n) is 12.2. The van der Waals surface area contributed by atoms with Crippen LogP contribution in [0.5, 0.6) is 11.5 Å². The Labute approximate surface area is 125 Å². The topological polar surface area (TPSA) is 45.5 Å². The maximum Gasteiger partial charge on any atom is 0.142 e. The minimum atomic E-state index is 0.531. The molecular formula is C17H18N2O2. The van der Waals surface area contributed by atoms with Crippen LogP contribution in [0.25, 0.3) is 0 Å². The fourth-order valence-electron chi connectivity index (χ4n) is 2.02. The van der Waals surface area contributed by atoms with E-state index in [0.29, 0.717) is 17.9 Å². The predicted molar refractivity (Wildman–Crippen MR) is 82.9 cm³/mol. The van der Waals surface area contributed by atoms with Crippen LogP contribution in [0.1, 0.15) is 5.56 Å². The van der Waals surface area contributed by atoms with Gasteiger partial charge in [0.05, 0.1) is 31.0 Å². The van der Waals surface area contributed by atoms with Crippen molar-refractivity contribution in [1.82, 2.24) is 0 Å². The smallest absolute Gasteiger partial charge is 0.142 e. The number of ether oxygens (including phenoxy) is 2. The van der Waals surface area contributed by atoms with Crippen molar-refractivity contribution < 1.29 is 9.47 Å². The molecule has 0 aliphatic carbocycles. The fraction of sp³-hybridized carbons (Fsp3) is 0.235. The molecule has 2 aromatic rings. The minimum Gasteiger partial charge on any atom is -0.495 e. The lowest BCUT2D eigenvalue weighted by atomic mass is 10.2. The van der Waals surface area contributed by atoms with Gasteiger partial charge in [-0.2, -0.15) is 5.26 Å². The summed E-state index contributed by atoms with van der Waals surface area (Å²) in [6.07, 6.45) is 0. The maximum absolute atomic E-state index is 8.85. The molecule has 0 bridgehead atoms. The van der Waals surface area contributed by atoms with Crippen LogP contribution in [0.2, 0.25) is 0 Å². The third-order valence-corrected chi connectivity index (χ3v) is 3.15. The van der Waals surface area contributed by atoms with Gasteiger partial charge < -0.3 is 14.4 Å². The number of nitriles is 1. The fourth-order valence-corrected chi connectivity index (χ4v) is 2.02. The summed E-state index contributed by atoms with van der Waals surface area (Å²) in [5.74, 6) is 1.55. The molecule has 0 heterocycles. The van der Waals surface area contributed by atoms with Crippen molar-refractivity contribution in [2.75, 3.05) is 32.2 Å². The Morgan fingerprint density at radius 2 is 1.95 bits per heavy atom. The number of methoxy groups -OCH3 is 1. The maximum atomic E-state index is 8.85. The number of para-hydroxylation sites is 2. The molecule has 0 amide bonds. The first-order valence-electron chi connectivity index (χ1n) is 6.71. The van der Waals surface area contributed by atoms with Crippen LogP contribution in [0.4, 0.5) is 5.69 Å². The number of benzene rings is 2. The van der Waals surface area contributed by atoms with Gasteiger partial charge >= 0.3 is 0 Å². The van der Waals surface area contributed by atoms with E-state index in [1.807, 2.05) is 43.4 Å². The molecule has 0 aliphatic rings. The Bertz CT molecular complexity index is 635. The molecule has 0 radical (unpaired) electrons. The van der Waals surface area contributed by atoms with Gasteiger partial charge in [-0.3, -0.25) is 0 Å². The normalized spacial score (nSPS) is 9.76. The lowest BCUT2D eigenvalue weighted by Gasteiger charge is -2.21. The number of nitrogens with zero attached hydrogens (tertiary/aromatic N) is 2. The average molecular weight is 282 g/mol. The first kappa shape index (κ1) is 14.7. The highest BCUT2D eigenvalue weighted by Crippen LogP contribution is 2.26. The van der Waals surface area contributed by atoms with E-state index in [1.165, 1.54) is 0 Å². The quantitative estimate of drug-likeness (QED) is 0.816.